The molecule has 3 rings (SSSR count). The van der Waals surface area contributed by atoms with E-state index in [1.165, 1.54) is 0 Å². The molecule has 0 spiro atoms. The Morgan fingerprint density at radius 2 is 1.75 bits per heavy atom. The number of para-hydroxylation sites is 1. The number of hydrogen-bond acceptors (Lipinski definition) is 4. The minimum absolute atomic E-state index is 0.0141. The van der Waals surface area contributed by atoms with Crippen molar-refractivity contribution in [2.75, 3.05) is 32.5 Å². The van der Waals surface area contributed by atoms with Crippen molar-refractivity contribution in [2.45, 2.75) is 17.7 Å². The number of likely N-dealkylation sites (tertiary alicyclic amines) is 1. The Morgan fingerprint density at radius 1 is 1.07 bits per heavy atom. The van der Waals surface area contributed by atoms with Gasteiger partial charge in [-0.05, 0) is 49.3 Å². The number of nitrogens with one attached hydrogen (secondary N) is 1. The third-order valence-electron chi connectivity index (χ3n) is 4.98. The molecule has 0 aromatic heterocycles. The summed E-state index contributed by atoms with van der Waals surface area (Å²) in [6.07, 6.45) is 3.75. The standard InChI is InChI=1S/C22H26N2O3S/c1-28-20-10-6-5-9-19(20)22(26)23-15-17-11-13-24(14-12-17)21(25)16-27-18-7-3-2-4-8-18/h2-10,17H,11-16H2,1H3,(H,23,26). The molecule has 0 unspecified atom stereocenters. The molecule has 6 heteroatoms. The van der Waals surface area contributed by atoms with Gasteiger partial charge < -0.3 is 15.0 Å². The number of thioether (sulfide) groups is 1. The Balaban J connectivity index is 1.40. The number of benzene rings is 2. The summed E-state index contributed by atoms with van der Waals surface area (Å²) in [7, 11) is 0. The maximum absolute atomic E-state index is 12.5. The number of rotatable bonds is 7. The van der Waals surface area contributed by atoms with Crippen molar-refractivity contribution in [2.24, 2.45) is 5.92 Å². The summed E-state index contributed by atoms with van der Waals surface area (Å²) < 4.78 is 5.55. The van der Waals surface area contributed by atoms with Gasteiger partial charge in [-0.25, -0.2) is 0 Å². The highest BCUT2D eigenvalue weighted by atomic mass is 32.2. The van der Waals surface area contributed by atoms with Crippen LogP contribution in [0.2, 0.25) is 0 Å². The Morgan fingerprint density at radius 3 is 2.46 bits per heavy atom. The second-order valence-electron chi connectivity index (χ2n) is 6.84. The summed E-state index contributed by atoms with van der Waals surface area (Å²) in [5.74, 6) is 1.09. The molecule has 2 amide bonds. The van der Waals surface area contributed by atoms with Crippen LogP contribution in [-0.4, -0.2) is 49.2 Å². The summed E-state index contributed by atoms with van der Waals surface area (Å²) in [6, 6.07) is 17.0. The van der Waals surface area contributed by atoms with Crippen molar-refractivity contribution >= 4 is 23.6 Å². The quantitative estimate of drug-likeness (QED) is 0.726. The third-order valence-corrected chi connectivity index (χ3v) is 5.77. The third kappa shape index (κ3) is 5.52. The number of carbonyl (C=O) groups excluding carboxylic acids is 2. The number of amides is 2. The average Bonchev–Trinajstić information content (AvgIpc) is 2.76. The fourth-order valence-corrected chi connectivity index (χ4v) is 3.90. The van der Waals surface area contributed by atoms with Crippen LogP contribution in [-0.2, 0) is 4.79 Å². The molecule has 5 nitrogen and oxygen atoms in total. The first-order valence-corrected chi connectivity index (χ1v) is 10.8. The van der Waals surface area contributed by atoms with Crippen LogP contribution in [0.1, 0.15) is 23.2 Å². The molecule has 1 N–H and O–H groups in total. The van der Waals surface area contributed by atoms with E-state index in [9.17, 15) is 9.59 Å². The van der Waals surface area contributed by atoms with Crippen LogP contribution in [0.25, 0.3) is 0 Å². The molecule has 1 saturated heterocycles. The number of piperidine rings is 1. The fraction of sp³-hybridized carbons (Fsp3) is 0.364. The van der Waals surface area contributed by atoms with Gasteiger partial charge in [-0.3, -0.25) is 9.59 Å². The lowest BCUT2D eigenvalue weighted by molar-refractivity contribution is -0.134. The highest BCUT2D eigenvalue weighted by Gasteiger charge is 2.23. The van der Waals surface area contributed by atoms with Crippen molar-refractivity contribution in [1.82, 2.24) is 10.2 Å². The lowest BCUT2D eigenvalue weighted by atomic mass is 9.96. The molecular weight excluding hydrogens is 372 g/mol. The number of ether oxygens (including phenoxy) is 1. The monoisotopic (exact) mass is 398 g/mol. The van der Waals surface area contributed by atoms with Crippen molar-refractivity contribution < 1.29 is 14.3 Å². The van der Waals surface area contributed by atoms with E-state index in [0.717, 1.165) is 23.3 Å². The topological polar surface area (TPSA) is 58.6 Å². The van der Waals surface area contributed by atoms with Crippen LogP contribution in [0, 0.1) is 5.92 Å². The smallest absolute Gasteiger partial charge is 0.260 e. The van der Waals surface area contributed by atoms with Crippen LogP contribution >= 0.6 is 11.8 Å². The molecule has 0 atom stereocenters. The van der Waals surface area contributed by atoms with E-state index < -0.39 is 0 Å². The molecule has 1 aliphatic rings. The predicted octanol–water partition coefficient (Wildman–Crippen LogP) is 3.46. The molecule has 1 heterocycles. The summed E-state index contributed by atoms with van der Waals surface area (Å²) in [4.78, 5) is 27.6. The largest absolute Gasteiger partial charge is 0.484 e. The average molecular weight is 399 g/mol. The highest BCUT2D eigenvalue weighted by Crippen LogP contribution is 2.21. The van der Waals surface area contributed by atoms with E-state index in [-0.39, 0.29) is 18.4 Å². The molecule has 0 aliphatic carbocycles. The number of hydrogen-bond donors (Lipinski definition) is 1. The van der Waals surface area contributed by atoms with Gasteiger partial charge in [0.2, 0.25) is 0 Å². The molecule has 0 saturated carbocycles. The Hall–Kier alpha value is -2.47. The zero-order valence-corrected chi connectivity index (χ0v) is 16.9. The second kappa shape index (κ2) is 10.2. The highest BCUT2D eigenvalue weighted by molar-refractivity contribution is 7.98. The molecule has 28 heavy (non-hydrogen) atoms. The number of carbonyl (C=O) groups is 2. The van der Waals surface area contributed by atoms with E-state index in [1.807, 2.05) is 65.8 Å². The van der Waals surface area contributed by atoms with Crippen LogP contribution in [0.5, 0.6) is 5.75 Å². The van der Waals surface area contributed by atoms with Crippen molar-refractivity contribution in [3.8, 4) is 5.75 Å². The summed E-state index contributed by atoms with van der Waals surface area (Å²) >= 11 is 1.57. The Bertz CT molecular complexity index is 789. The van der Waals surface area contributed by atoms with E-state index in [0.29, 0.717) is 31.3 Å². The molecule has 1 aliphatic heterocycles. The summed E-state index contributed by atoms with van der Waals surface area (Å²) in [5, 5.41) is 3.05. The summed E-state index contributed by atoms with van der Waals surface area (Å²) in [6.45, 7) is 2.12. The first-order chi connectivity index (χ1) is 13.7. The second-order valence-corrected chi connectivity index (χ2v) is 7.68. The first-order valence-electron chi connectivity index (χ1n) is 9.54. The van der Waals surface area contributed by atoms with Gasteiger partial charge in [0.1, 0.15) is 5.75 Å². The normalized spacial score (nSPS) is 14.5. The Labute approximate surface area is 170 Å². The van der Waals surface area contributed by atoms with Gasteiger partial charge in [-0.2, -0.15) is 0 Å². The molecule has 148 valence electrons. The van der Waals surface area contributed by atoms with Gasteiger partial charge in [0.25, 0.3) is 11.8 Å². The van der Waals surface area contributed by atoms with Crippen LogP contribution in [0.4, 0.5) is 0 Å². The molecule has 2 aromatic carbocycles. The van der Waals surface area contributed by atoms with Gasteiger partial charge in [-0.1, -0.05) is 30.3 Å². The maximum Gasteiger partial charge on any atom is 0.260 e. The SMILES string of the molecule is CSc1ccccc1C(=O)NCC1CCN(C(=O)COc2ccccc2)CC1. The van der Waals surface area contributed by atoms with Crippen LogP contribution in [0.3, 0.4) is 0 Å². The minimum Gasteiger partial charge on any atom is -0.484 e. The van der Waals surface area contributed by atoms with Crippen molar-refractivity contribution in [3.63, 3.8) is 0 Å². The van der Waals surface area contributed by atoms with E-state index >= 15 is 0 Å². The van der Waals surface area contributed by atoms with Gasteiger partial charge in [0.05, 0.1) is 5.56 Å². The van der Waals surface area contributed by atoms with Gasteiger partial charge in [-0.15, -0.1) is 11.8 Å². The molecule has 1 fully saturated rings. The van der Waals surface area contributed by atoms with Crippen molar-refractivity contribution in [3.05, 3.63) is 60.2 Å². The lowest BCUT2D eigenvalue weighted by Gasteiger charge is -2.32. The molecule has 2 aromatic rings. The molecule has 0 radical (unpaired) electrons. The first kappa shape index (κ1) is 20.3. The zero-order valence-electron chi connectivity index (χ0n) is 16.1. The van der Waals surface area contributed by atoms with E-state index in [1.54, 1.807) is 11.8 Å². The van der Waals surface area contributed by atoms with E-state index in [2.05, 4.69) is 5.32 Å². The number of nitrogens with zero attached hydrogens (tertiary/aromatic N) is 1. The fourth-order valence-electron chi connectivity index (χ4n) is 3.30. The van der Waals surface area contributed by atoms with Gasteiger partial charge >= 0.3 is 0 Å². The maximum atomic E-state index is 12.5. The van der Waals surface area contributed by atoms with Gasteiger partial charge in [0.15, 0.2) is 6.61 Å². The van der Waals surface area contributed by atoms with Crippen molar-refractivity contribution in [1.29, 1.82) is 0 Å². The van der Waals surface area contributed by atoms with Crippen LogP contribution < -0.4 is 10.1 Å². The van der Waals surface area contributed by atoms with Gasteiger partial charge in [0, 0.05) is 24.5 Å². The van der Waals surface area contributed by atoms with E-state index in [4.69, 9.17) is 4.74 Å². The van der Waals surface area contributed by atoms with Crippen LogP contribution in [0.15, 0.2) is 59.5 Å². The zero-order chi connectivity index (χ0) is 19.8. The summed E-state index contributed by atoms with van der Waals surface area (Å²) in [5.41, 5.74) is 0.723. The Kier molecular flexibility index (Phi) is 7.37. The predicted molar refractivity (Wildman–Crippen MR) is 112 cm³/mol. The molecular formula is C22H26N2O3S. The molecule has 0 bridgehead atoms. The lowest BCUT2D eigenvalue weighted by Crippen LogP contribution is -2.43. The minimum atomic E-state index is -0.0280.